The molecule has 0 aliphatic carbocycles. The molecule has 1 aromatic heterocycles. The molecule has 0 unspecified atom stereocenters. The van der Waals surface area contributed by atoms with Gasteiger partial charge in [-0.2, -0.15) is 0 Å². The van der Waals surface area contributed by atoms with Crippen molar-refractivity contribution < 1.29 is 9.21 Å². The first kappa shape index (κ1) is 11.3. The lowest BCUT2D eigenvalue weighted by molar-refractivity contribution is 0.0631. The zero-order valence-corrected chi connectivity index (χ0v) is 10.2. The molecule has 78 valence electrons. The lowest BCUT2D eigenvalue weighted by Crippen LogP contribution is -2.46. The molecule has 3 nitrogen and oxygen atoms in total. The second kappa shape index (κ2) is 4.17. The van der Waals surface area contributed by atoms with E-state index in [0.717, 1.165) is 5.33 Å². The summed E-state index contributed by atoms with van der Waals surface area (Å²) >= 11 is 3.38. The van der Waals surface area contributed by atoms with Gasteiger partial charge >= 0.3 is 0 Å². The Bertz CT molecular complexity index is 306. The quantitative estimate of drug-likeness (QED) is 0.782. The molecule has 0 atom stereocenters. The van der Waals surface area contributed by atoms with Gasteiger partial charge in [-0.1, -0.05) is 15.9 Å². The fourth-order valence-corrected chi connectivity index (χ4v) is 1.31. The molecular formula is C10H14BrNO2. The Morgan fingerprint density at radius 3 is 2.71 bits per heavy atom. The third kappa shape index (κ3) is 2.18. The van der Waals surface area contributed by atoms with Gasteiger partial charge in [-0.3, -0.25) is 4.79 Å². The van der Waals surface area contributed by atoms with Gasteiger partial charge in [-0.15, -0.1) is 0 Å². The maximum atomic E-state index is 11.8. The number of hydrogen-bond donors (Lipinski definition) is 0. The lowest BCUT2D eigenvalue weighted by atomic mass is 10.1. The molecule has 14 heavy (non-hydrogen) atoms. The van der Waals surface area contributed by atoms with Crippen molar-refractivity contribution in [3.63, 3.8) is 0 Å². The van der Waals surface area contributed by atoms with Crippen LogP contribution in [-0.2, 0) is 0 Å². The number of alkyl halides is 1. The average Bonchev–Trinajstić information content (AvgIpc) is 2.68. The first-order valence-corrected chi connectivity index (χ1v) is 5.49. The summed E-state index contributed by atoms with van der Waals surface area (Å²) < 4.78 is 5.05. The largest absolute Gasteiger partial charge is 0.459 e. The van der Waals surface area contributed by atoms with Gasteiger partial charge in [0.2, 0.25) is 0 Å². The van der Waals surface area contributed by atoms with Gasteiger partial charge in [-0.05, 0) is 26.0 Å². The van der Waals surface area contributed by atoms with Gasteiger partial charge in [0.25, 0.3) is 5.91 Å². The average molecular weight is 260 g/mol. The summed E-state index contributed by atoms with van der Waals surface area (Å²) in [5.41, 5.74) is -0.218. The first-order chi connectivity index (χ1) is 6.49. The van der Waals surface area contributed by atoms with Crippen molar-refractivity contribution in [2.24, 2.45) is 0 Å². The van der Waals surface area contributed by atoms with Crippen molar-refractivity contribution in [3.8, 4) is 0 Å². The lowest BCUT2D eigenvalue weighted by Gasteiger charge is -2.33. The fraction of sp³-hybridized carbons (Fsp3) is 0.500. The van der Waals surface area contributed by atoms with Gasteiger partial charge < -0.3 is 9.32 Å². The molecule has 1 aromatic rings. The topological polar surface area (TPSA) is 33.5 Å². The molecule has 0 bridgehead atoms. The van der Waals surface area contributed by atoms with E-state index in [4.69, 9.17) is 4.42 Å². The molecular weight excluding hydrogens is 246 g/mol. The second-order valence-corrected chi connectivity index (χ2v) is 4.35. The third-order valence-electron chi connectivity index (χ3n) is 2.27. The molecule has 0 fully saturated rings. The summed E-state index contributed by atoms with van der Waals surface area (Å²) in [6, 6.07) is 3.38. The molecule has 0 aliphatic heterocycles. The summed E-state index contributed by atoms with van der Waals surface area (Å²) in [6.45, 7) is 3.98. The number of carbonyl (C=O) groups is 1. The standard InChI is InChI=1S/C10H14BrNO2/c1-10(2,7-11)12(3)9(13)8-5-4-6-14-8/h4-6H,7H2,1-3H3. The van der Waals surface area contributed by atoms with E-state index in [0.29, 0.717) is 5.76 Å². The maximum Gasteiger partial charge on any atom is 0.289 e. The van der Waals surface area contributed by atoms with E-state index in [1.165, 1.54) is 6.26 Å². The van der Waals surface area contributed by atoms with Crippen molar-refractivity contribution in [2.75, 3.05) is 12.4 Å². The van der Waals surface area contributed by atoms with Crippen molar-refractivity contribution in [1.29, 1.82) is 0 Å². The monoisotopic (exact) mass is 259 g/mol. The highest BCUT2D eigenvalue weighted by atomic mass is 79.9. The van der Waals surface area contributed by atoms with Crippen LogP contribution in [0.3, 0.4) is 0 Å². The molecule has 1 amide bonds. The fourth-order valence-electron chi connectivity index (χ4n) is 0.930. The highest BCUT2D eigenvalue weighted by Gasteiger charge is 2.28. The minimum atomic E-state index is -0.218. The molecule has 1 heterocycles. The number of rotatable bonds is 3. The molecule has 0 radical (unpaired) electrons. The van der Waals surface area contributed by atoms with Crippen LogP contribution < -0.4 is 0 Å². The SMILES string of the molecule is CN(C(=O)c1ccco1)C(C)(C)CBr. The molecule has 0 saturated heterocycles. The molecule has 0 spiro atoms. The number of hydrogen-bond acceptors (Lipinski definition) is 2. The molecule has 0 saturated carbocycles. The van der Waals surface area contributed by atoms with Crippen LogP contribution in [0.1, 0.15) is 24.4 Å². The van der Waals surface area contributed by atoms with Gasteiger partial charge in [-0.25, -0.2) is 0 Å². The van der Waals surface area contributed by atoms with Crippen LogP contribution in [-0.4, -0.2) is 28.7 Å². The van der Waals surface area contributed by atoms with Crippen LogP contribution in [0.2, 0.25) is 0 Å². The van der Waals surface area contributed by atoms with Crippen LogP contribution in [0.15, 0.2) is 22.8 Å². The van der Waals surface area contributed by atoms with E-state index in [1.807, 2.05) is 13.8 Å². The van der Waals surface area contributed by atoms with E-state index in [9.17, 15) is 4.79 Å². The summed E-state index contributed by atoms with van der Waals surface area (Å²) in [6.07, 6.45) is 1.50. The minimum absolute atomic E-state index is 0.0977. The first-order valence-electron chi connectivity index (χ1n) is 4.36. The van der Waals surface area contributed by atoms with Crippen molar-refractivity contribution in [1.82, 2.24) is 4.90 Å². The van der Waals surface area contributed by atoms with Gasteiger partial charge in [0.1, 0.15) is 0 Å². The highest BCUT2D eigenvalue weighted by Crippen LogP contribution is 2.18. The number of carbonyl (C=O) groups excluding carboxylic acids is 1. The Labute approximate surface area is 92.2 Å². The van der Waals surface area contributed by atoms with Gasteiger partial charge in [0.05, 0.1) is 6.26 Å². The molecule has 4 heteroatoms. The minimum Gasteiger partial charge on any atom is -0.459 e. The Balaban J connectivity index is 2.81. The van der Waals surface area contributed by atoms with Gasteiger partial charge in [0.15, 0.2) is 5.76 Å². The summed E-state index contributed by atoms with van der Waals surface area (Å²) in [5.74, 6) is 0.279. The van der Waals surface area contributed by atoms with Gasteiger partial charge in [0, 0.05) is 17.9 Å². The third-order valence-corrected chi connectivity index (χ3v) is 3.64. The van der Waals surface area contributed by atoms with Crippen molar-refractivity contribution in [2.45, 2.75) is 19.4 Å². The maximum absolute atomic E-state index is 11.8. The Morgan fingerprint density at radius 2 is 2.29 bits per heavy atom. The molecule has 1 rings (SSSR count). The van der Waals surface area contributed by atoms with Crippen molar-refractivity contribution >= 4 is 21.8 Å². The van der Waals surface area contributed by atoms with E-state index >= 15 is 0 Å². The second-order valence-electron chi connectivity index (χ2n) is 3.79. The normalized spacial score (nSPS) is 11.4. The number of nitrogens with zero attached hydrogens (tertiary/aromatic N) is 1. The summed E-state index contributed by atoms with van der Waals surface area (Å²) in [7, 11) is 1.77. The van der Waals surface area contributed by atoms with Crippen LogP contribution in [0.25, 0.3) is 0 Å². The zero-order valence-electron chi connectivity index (χ0n) is 8.58. The smallest absolute Gasteiger partial charge is 0.289 e. The van der Waals surface area contributed by atoms with E-state index in [-0.39, 0.29) is 11.4 Å². The van der Waals surface area contributed by atoms with E-state index < -0.39 is 0 Å². The zero-order chi connectivity index (χ0) is 10.8. The van der Waals surface area contributed by atoms with Crippen LogP contribution in [0.4, 0.5) is 0 Å². The predicted octanol–water partition coefficient (Wildman–Crippen LogP) is 2.53. The van der Waals surface area contributed by atoms with Crippen molar-refractivity contribution in [3.05, 3.63) is 24.2 Å². The Hall–Kier alpha value is -0.770. The molecule has 0 aliphatic rings. The number of amides is 1. The number of furan rings is 1. The van der Waals surface area contributed by atoms with E-state index in [2.05, 4.69) is 15.9 Å². The Kier molecular flexibility index (Phi) is 3.37. The molecule has 0 N–H and O–H groups in total. The Morgan fingerprint density at radius 1 is 1.64 bits per heavy atom. The van der Waals surface area contributed by atoms with E-state index in [1.54, 1.807) is 24.1 Å². The predicted molar refractivity (Wildman–Crippen MR) is 58.7 cm³/mol. The summed E-state index contributed by atoms with van der Waals surface area (Å²) in [4.78, 5) is 13.5. The van der Waals surface area contributed by atoms with Crippen LogP contribution in [0, 0.1) is 0 Å². The highest BCUT2D eigenvalue weighted by molar-refractivity contribution is 9.09. The molecule has 0 aromatic carbocycles. The van der Waals surface area contributed by atoms with Crippen LogP contribution >= 0.6 is 15.9 Å². The summed E-state index contributed by atoms with van der Waals surface area (Å²) in [5, 5.41) is 0.725. The van der Waals surface area contributed by atoms with Crippen LogP contribution in [0.5, 0.6) is 0 Å². The number of halogens is 1.